The van der Waals surface area contributed by atoms with Gasteiger partial charge < -0.3 is 9.30 Å². The van der Waals surface area contributed by atoms with Crippen LogP contribution in [0.3, 0.4) is 0 Å². The number of nitrogens with zero attached hydrogens (tertiary/aromatic N) is 1. The standard InChI is InChI=1S/C19H19NO/c1-2-21-19-12-6-11-18-17(19)13-15-20(18)14-7-10-16-8-4-3-5-9-16/h3-13,15H,2,14H2,1H3/b10-7+. The van der Waals surface area contributed by atoms with Crippen molar-refractivity contribution in [2.24, 2.45) is 0 Å². The van der Waals surface area contributed by atoms with Crippen LogP contribution in [0, 0.1) is 0 Å². The summed E-state index contributed by atoms with van der Waals surface area (Å²) >= 11 is 0. The molecule has 0 amide bonds. The third kappa shape index (κ3) is 3.00. The number of rotatable bonds is 5. The van der Waals surface area contributed by atoms with E-state index in [0.29, 0.717) is 6.61 Å². The monoisotopic (exact) mass is 277 g/mol. The summed E-state index contributed by atoms with van der Waals surface area (Å²) < 4.78 is 7.91. The Kier molecular flexibility index (Phi) is 4.06. The van der Waals surface area contributed by atoms with Crippen LogP contribution in [-0.2, 0) is 6.54 Å². The molecule has 0 saturated heterocycles. The summed E-state index contributed by atoms with van der Waals surface area (Å²) in [5, 5.41) is 1.17. The average molecular weight is 277 g/mol. The van der Waals surface area contributed by atoms with Gasteiger partial charge in [0.05, 0.1) is 12.1 Å². The predicted molar refractivity (Wildman–Crippen MR) is 88.6 cm³/mol. The van der Waals surface area contributed by atoms with Crippen molar-refractivity contribution in [2.45, 2.75) is 13.5 Å². The summed E-state index contributed by atoms with van der Waals surface area (Å²) in [5.41, 5.74) is 2.43. The Labute approximate surface area is 125 Å². The van der Waals surface area contributed by atoms with E-state index in [4.69, 9.17) is 4.74 Å². The van der Waals surface area contributed by atoms with Gasteiger partial charge in [0.1, 0.15) is 5.75 Å². The molecule has 1 heterocycles. The first-order valence-electron chi connectivity index (χ1n) is 7.30. The van der Waals surface area contributed by atoms with Crippen molar-refractivity contribution in [3.05, 3.63) is 72.4 Å². The summed E-state index contributed by atoms with van der Waals surface area (Å²) in [7, 11) is 0. The quantitative estimate of drug-likeness (QED) is 0.656. The van der Waals surface area contributed by atoms with E-state index in [-0.39, 0.29) is 0 Å². The minimum Gasteiger partial charge on any atom is -0.493 e. The molecule has 3 rings (SSSR count). The smallest absolute Gasteiger partial charge is 0.128 e. The fraction of sp³-hybridized carbons (Fsp3) is 0.158. The SMILES string of the molecule is CCOc1cccc2c1ccn2C/C=C/c1ccccc1. The third-order valence-corrected chi connectivity index (χ3v) is 3.49. The zero-order valence-electron chi connectivity index (χ0n) is 12.2. The average Bonchev–Trinajstić information content (AvgIpc) is 2.93. The van der Waals surface area contributed by atoms with Gasteiger partial charge in [-0.2, -0.15) is 0 Å². The maximum atomic E-state index is 5.67. The second-order valence-corrected chi connectivity index (χ2v) is 4.90. The topological polar surface area (TPSA) is 14.2 Å². The normalized spacial score (nSPS) is 11.3. The molecule has 0 saturated carbocycles. The molecule has 21 heavy (non-hydrogen) atoms. The highest BCUT2D eigenvalue weighted by Crippen LogP contribution is 2.26. The van der Waals surface area contributed by atoms with E-state index in [9.17, 15) is 0 Å². The zero-order valence-corrected chi connectivity index (χ0v) is 12.2. The second-order valence-electron chi connectivity index (χ2n) is 4.90. The number of benzene rings is 2. The van der Waals surface area contributed by atoms with Gasteiger partial charge in [0.2, 0.25) is 0 Å². The lowest BCUT2D eigenvalue weighted by atomic mass is 10.2. The third-order valence-electron chi connectivity index (χ3n) is 3.49. The van der Waals surface area contributed by atoms with Crippen LogP contribution < -0.4 is 4.74 Å². The van der Waals surface area contributed by atoms with Crippen LogP contribution in [0.1, 0.15) is 12.5 Å². The zero-order chi connectivity index (χ0) is 14.5. The van der Waals surface area contributed by atoms with E-state index in [2.05, 4.69) is 59.3 Å². The number of hydrogen-bond donors (Lipinski definition) is 0. The van der Waals surface area contributed by atoms with E-state index < -0.39 is 0 Å². The molecule has 0 aliphatic heterocycles. The van der Waals surface area contributed by atoms with E-state index in [1.807, 2.05) is 25.1 Å². The van der Waals surface area contributed by atoms with Gasteiger partial charge in [0.15, 0.2) is 0 Å². The van der Waals surface area contributed by atoms with Crippen molar-refractivity contribution in [2.75, 3.05) is 6.61 Å². The molecule has 0 N–H and O–H groups in total. The number of aromatic nitrogens is 1. The van der Waals surface area contributed by atoms with Crippen molar-refractivity contribution < 1.29 is 4.74 Å². The number of ether oxygens (including phenoxy) is 1. The Morgan fingerprint density at radius 3 is 2.67 bits per heavy atom. The van der Waals surface area contributed by atoms with Crippen LogP contribution in [0.25, 0.3) is 17.0 Å². The predicted octanol–water partition coefficient (Wildman–Crippen LogP) is 4.75. The lowest BCUT2D eigenvalue weighted by molar-refractivity contribution is 0.344. The van der Waals surface area contributed by atoms with Crippen molar-refractivity contribution >= 4 is 17.0 Å². The van der Waals surface area contributed by atoms with E-state index in [1.54, 1.807) is 0 Å². The van der Waals surface area contributed by atoms with Gasteiger partial charge in [-0.05, 0) is 30.7 Å². The molecule has 2 aromatic carbocycles. The van der Waals surface area contributed by atoms with Gasteiger partial charge in [-0.25, -0.2) is 0 Å². The van der Waals surface area contributed by atoms with Gasteiger partial charge in [-0.15, -0.1) is 0 Å². The highest BCUT2D eigenvalue weighted by molar-refractivity contribution is 5.86. The second kappa shape index (κ2) is 6.31. The van der Waals surface area contributed by atoms with Crippen molar-refractivity contribution in [3.63, 3.8) is 0 Å². The largest absolute Gasteiger partial charge is 0.493 e. The molecule has 1 aromatic heterocycles. The molecule has 0 aliphatic carbocycles. The highest BCUT2D eigenvalue weighted by Gasteiger charge is 2.04. The fourth-order valence-corrected chi connectivity index (χ4v) is 2.50. The van der Waals surface area contributed by atoms with Gasteiger partial charge in [-0.3, -0.25) is 0 Å². The summed E-state index contributed by atoms with van der Waals surface area (Å²) in [6, 6.07) is 18.7. The van der Waals surface area contributed by atoms with Crippen molar-refractivity contribution in [1.82, 2.24) is 4.57 Å². The maximum absolute atomic E-state index is 5.67. The van der Waals surface area contributed by atoms with Gasteiger partial charge >= 0.3 is 0 Å². The molecule has 0 radical (unpaired) electrons. The lowest BCUT2D eigenvalue weighted by Gasteiger charge is -2.06. The van der Waals surface area contributed by atoms with Crippen LogP contribution in [0.2, 0.25) is 0 Å². The van der Waals surface area contributed by atoms with Crippen LogP contribution in [0.4, 0.5) is 0 Å². The molecular formula is C19H19NO. The Morgan fingerprint density at radius 1 is 1.00 bits per heavy atom. The van der Waals surface area contributed by atoms with E-state index in [1.165, 1.54) is 16.5 Å². The highest BCUT2D eigenvalue weighted by atomic mass is 16.5. The van der Waals surface area contributed by atoms with Gasteiger partial charge in [0, 0.05) is 18.1 Å². The van der Waals surface area contributed by atoms with Gasteiger partial charge in [-0.1, -0.05) is 48.6 Å². The molecule has 2 heteroatoms. The molecular weight excluding hydrogens is 258 g/mol. The summed E-state index contributed by atoms with van der Waals surface area (Å²) in [5.74, 6) is 0.959. The van der Waals surface area contributed by atoms with Crippen molar-refractivity contribution in [1.29, 1.82) is 0 Å². The molecule has 106 valence electrons. The molecule has 0 spiro atoms. The lowest BCUT2D eigenvalue weighted by Crippen LogP contribution is -1.94. The Bertz CT molecular complexity index is 741. The van der Waals surface area contributed by atoms with Crippen LogP contribution >= 0.6 is 0 Å². The molecule has 0 unspecified atom stereocenters. The minimum absolute atomic E-state index is 0.693. The first-order valence-corrected chi connectivity index (χ1v) is 7.30. The minimum atomic E-state index is 0.693. The molecule has 3 aromatic rings. The Morgan fingerprint density at radius 2 is 1.86 bits per heavy atom. The molecule has 0 aliphatic rings. The summed E-state index contributed by atoms with van der Waals surface area (Å²) in [6.45, 7) is 3.56. The number of allylic oxidation sites excluding steroid dienone is 1. The maximum Gasteiger partial charge on any atom is 0.128 e. The van der Waals surface area contributed by atoms with Gasteiger partial charge in [0.25, 0.3) is 0 Å². The van der Waals surface area contributed by atoms with Crippen LogP contribution in [0.5, 0.6) is 5.75 Å². The summed E-state index contributed by atoms with van der Waals surface area (Å²) in [6.07, 6.45) is 6.45. The molecule has 0 fully saturated rings. The molecule has 2 nitrogen and oxygen atoms in total. The Hall–Kier alpha value is -2.48. The number of fused-ring (bicyclic) bond motifs is 1. The van der Waals surface area contributed by atoms with Crippen LogP contribution in [-0.4, -0.2) is 11.2 Å². The summed E-state index contributed by atoms with van der Waals surface area (Å²) in [4.78, 5) is 0. The first-order chi connectivity index (χ1) is 10.4. The molecule has 0 atom stereocenters. The fourth-order valence-electron chi connectivity index (χ4n) is 2.50. The Balaban J connectivity index is 1.82. The first kappa shape index (κ1) is 13.5. The van der Waals surface area contributed by atoms with Crippen LogP contribution in [0.15, 0.2) is 66.9 Å². The van der Waals surface area contributed by atoms with E-state index in [0.717, 1.165) is 12.3 Å². The van der Waals surface area contributed by atoms with Crippen molar-refractivity contribution in [3.8, 4) is 5.75 Å². The van der Waals surface area contributed by atoms with E-state index >= 15 is 0 Å². The molecule has 0 bridgehead atoms. The number of hydrogen-bond acceptors (Lipinski definition) is 1.